The Morgan fingerprint density at radius 1 is 1.14 bits per heavy atom. The predicted molar refractivity (Wildman–Crippen MR) is 99.8 cm³/mol. The van der Waals surface area contributed by atoms with Crippen LogP contribution in [0.5, 0.6) is 0 Å². The first-order chi connectivity index (χ1) is 13.4. The zero-order valence-electron chi connectivity index (χ0n) is 15.4. The number of rotatable bonds is 7. The number of carbonyl (C=O) groups is 2. The third-order valence-electron chi connectivity index (χ3n) is 4.93. The van der Waals surface area contributed by atoms with E-state index in [1.54, 1.807) is 6.07 Å². The first kappa shape index (κ1) is 19.5. The smallest absolute Gasteiger partial charge is 0.319 e. The number of nitrogens with zero attached hydrogens (tertiary/aromatic N) is 2. The second-order valence-electron chi connectivity index (χ2n) is 6.72. The maximum Gasteiger partial charge on any atom is 0.325 e. The Morgan fingerprint density at radius 2 is 1.82 bits per heavy atom. The molecule has 28 heavy (non-hydrogen) atoms. The Morgan fingerprint density at radius 3 is 2.46 bits per heavy atom. The molecule has 2 aromatic rings. The molecule has 1 atom stereocenters. The van der Waals surface area contributed by atoms with Crippen LogP contribution in [-0.4, -0.2) is 21.8 Å². The average Bonchev–Trinajstić information content (AvgIpc) is 2.92. The standard InChI is InChI=1S/C20H20FN3O4/c1-2-3-12-20(15-8-10-16(21)11-9-15)18(25)23(19(26)22-20)13-14-6-4-5-7-17(14)24(27)28/h4-11H,2-3,12-13H2,1H3,(H,22,26)/t20-/m0/s1. The molecule has 3 rings (SSSR count). The lowest BCUT2D eigenvalue weighted by atomic mass is 9.84. The Labute approximate surface area is 161 Å². The first-order valence-electron chi connectivity index (χ1n) is 9.01. The molecule has 2 aromatic carbocycles. The topological polar surface area (TPSA) is 92.6 Å². The number of para-hydroxylation sites is 1. The van der Waals surface area contributed by atoms with E-state index in [2.05, 4.69) is 5.32 Å². The zero-order valence-corrected chi connectivity index (χ0v) is 15.4. The maximum absolute atomic E-state index is 13.4. The molecule has 1 aliphatic heterocycles. The van der Waals surface area contributed by atoms with Crippen LogP contribution in [0, 0.1) is 15.9 Å². The number of nitro benzene ring substituents is 1. The summed E-state index contributed by atoms with van der Waals surface area (Å²) in [6, 6.07) is 10.8. The van der Waals surface area contributed by atoms with E-state index in [0.29, 0.717) is 18.4 Å². The SMILES string of the molecule is CCCC[C@@]1(c2ccc(F)cc2)NC(=O)N(Cc2ccccc2[N+](=O)[O-])C1=O. The van der Waals surface area contributed by atoms with Crippen molar-refractivity contribution in [2.45, 2.75) is 38.3 Å². The lowest BCUT2D eigenvalue weighted by Crippen LogP contribution is -2.44. The maximum atomic E-state index is 13.4. The number of hydrogen-bond acceptors (Lipinski definition) is 4. The van der Waals surface area contributed by atoms with Gasteiger partial charge in [-0.05, 0) is 24.1 Å². The molecular formula is C20H20FN3O4. The molecule has 0 unspecified atom stereocenters. The predicted octanol–water partition coefficient (Wildman–Crippen LogP) is 3.87. The van der Waals surface area contributed by atoms with E-state index < -0.39 is 28.2 Å². The van der Waals surface area contributed by atoms with Gasteiger partial charge in [-0.25, -0.2) is 9.18 Å². The summed E-state index contributed by atoms with van der Waals surface area (Å²) in [4.78, 5) is 37.6. The average molecular weight is 385 g/mol. The minimum absolute atomic E-state index is 0.157. The van der Waals surface area contributed by atoms with Crippen molar-refractivity contribution in [2.24, 2.45) is 0 Å². The van der Waals surface area contributed by atoms with Crippen LogP contribution in [0.2, 0.25) is 0 Å². The van der Waals surface area contributed by atoms with Gasteiger partial charge in [0, 0.05) is 11.6 Å². The van der Waals surface area contributed by atoms with E-state index >= 15 is 0 Å². The number of nitro groups is 1. The highest BCUT2D eigenvalue weighted by molar-refractivity contribution is 6.07. The van der Waals surface area contributed by atoms with Crippen LogP contribution in [-0.2, 0) is 16.9 Å². The molecule has 0 spiro atoms. The summed E-state index contributed by atoms with van der Waals surface area (Å²) in [6.07, 6.45) is 1.83. The molecule has 8 heteroatoms. The molecule has 1 fully saturated rings. The summed E-state index contributed by atoms with van der Waals surface area (Å²) in [5, 5.41) is 14.0. The number of nitrogens with one attached hydrogen (secondary N) is 1. The van der Waals surface area contributed by atoms with Crippen LogP contribution < -0.4 is 5.32 Å². The summed E-state index contributed by atoms with van der Waals surface area (Å²) < 4.78 is 13.4. The molecule has 0 bridgehead atoms. The zero-order chi connectivity index (χ0) is 20.3. The Balaban J connectivity index is 1.98. The number of hydrogen-bond donors (Lipinski definition) is 1. The van der Waals surface area contributed by atoms with Gasteiger partial charge in [0.2, 0.25) is 0 Å². The van der Waals surface area contributed by atoms with Gasteiger partial charge in [0.05, 0.1) is 11.5 Å². The van der Waals surface area contributed by atoms with Gasteiger partial charge in [-0.2, -0.15) is 0 Å². The molecular weight excluding hydrogens is 365 g/mol. The molecule has 1 saturated heterocycles. The highest BCUT2D eigenvalue weighted by Gasteiger charge is 2.52. The first-order valence-corrected chi connectivity index (χ1v) is 9.01. The summed E-state index contributed by atoms with van der Waals surface area (Å²) in [7, 11) is 0. The highest BCUT2D eigenvalue weighted by Crippen LogP contribution is 2.35. The van der Waals surface area contributed by atoms with Crippen LogP contribution in [0.25, 0.3) is 0 Å². The van der Waals surface area contributed by atoms with E-state index in [-0.39, 0.29) is 17.8 Å². The van der Waals surface area contributed by atoms with Gasteiger partial charge in [-0.15, -0.1) is 0 Å². The van der Waals surface area contributed by atoms with Crippen molar-refractivity contribution < 1.29 is 18.9 Å². The van der Waals surface area contributed by atoms with Gasteiger partial charge in [-0.3, -0.25) is 19.8 Å². The largest absolute Gasteiger partial charge is 0.325 e. The second-order valence-corrected chi connectivity index (χ2v) is 6.72. The summed E-state index contributed by atoms with van der Waals surface area (Å²) in [5.74, 6) is -0.932. The third-order valence-corrected chi connectivity index (χ3v) is 4.93. The van der Waals surface area contributed by atoms with E-state index in [0.717, 1.165) is 11.3 Å². The Bertz CT molecular complexity index is 916. The quantitative estimate of drug-likeness (QED) is 0.445. The van der Waals surface area contributed by atoms with Crippen molar-refractivity contribution in [1.82, 2.24) is 10.2 Å². The summed E-state index contributed by atoms with van der Waals surface area (Å²) in [6.45, 7) is 1.75. The van der Waals surface area contributed by atoms with E-state index in [1.165, 1.54) is 42.5 Å². The van der Waals surface area contributed by atoms with Crippen molar-refractivity contribution >= 4 is 17.6 Å². The number of carbonyl (C=O) groups excluding carboxylic acids is 2. The number of halogens is 1. The molecule has 1 N–H and O–H groups in total. The number of unbranched alkanes of at least 4 members (excludes halogenated alkanes) is 1. The Kier molecular flexibility index (Phi) is 5.39. The van der Waals surface area contributed by atoms with E-state index in [9.17, 15) is 24.1 Å². The number of amides is 3. The van der Waals surface area contributed by atoms with Crippen LogP contribution in [0.4, 0.5) is 14.9 Å². The fourth-order valence-electron chi connectivity index (χ4n) is 3.45. The molecule has 7 nitrogen and oxygen atoms in total. The van der Waals surface area contributed by atoms with E-state index in [1.807, 2.05) is 6.92 Å². The minimum atomic E-state index is -1.30. The van der Waals surface area contributed by atoms with Crippen molar-refractivity contribution in [3.8, 4) is 0 Å². The molecule has 3 amide bonds. The van der Waals surface area contributed by atoms with Crippen molar-refractivity contribution in [3.63, 3.8) is 0 Å². The van der Waals surface area contributed by atoms with Crippen LogP contribution in [0.15, 0.2) is 48.5 Å². The normalized spacial score (nSPS) is 19.0. The van der Waals surface area contributed by atoms with Gasteiger partial charge in [0.1, 0.15) is 11.4 Å². The highest BCUT2D eigenvalue weighted by atomic mass is 19.1. The van der Waals surface area contributed by atoms with Gasteiger partial charge < -0.3 is 5.32 Å². The van der Waals surface area contributed by atoms with Gasteiger partial charge in [-0.1, -0.05) is 50.1 Å². The monoisotopic (exact) mass is 385 g/mol. The fourth-order valence-corrected chi connectivity index (χ4v) is 3.45. The van der Waals surface area contributed by atoms with Crippen molar-refractivity contribution in [2.75, 3.05) is 0 Å². The van der Waals surface area contributed by atoms with Crippen LogP contribution in [0.1, 0.15) is 37.3 Å². The molecule has 0 radical (unpaired) electrons. The van der Waals surface area contributed by atoms with Gasteiger partial charge >= 0.3 is 6.03 Å². The molecule has 0 aromatic heterocycles. The molecule has 0 aliphatic carbocycles. The van der Waals surface area contributed by atoms with Gasteiger partial charge in [0.15, 0.2) is 0 Å². The minimum Gasteiger partial charge on any atom is -0.319 e. The number of benzene rings is 2. The van der Waals surface area contributed by atoms with E-state index in [4.69, 9.17) is 0 Å². The fraction of sp³-hybridized carbons (Fsp3) is 0.300. The molecule has 1 aliphatic rings. The van der Waals surface area contributed by atoms with Crippen molar-refractivity contribution in [1.29, 1.82) is 0 Å². The third kappa shape index (κ3) is 3.45. The van der Waals surface area contributed by atoms with Crippen LogP contribution >= 0.6 is 0 Å². The summed E-state index contributed by atoms with van der Waals surface area (Å²) >= 11 is 0. The molecule has 0 saturated carbocycles. The van der Waals surface area contributed by atoms with Gasteiger partial charge in [0.25, 0.3) is 11.6 Å². The number of imide groups is 1. The summed E-state index contributed by atoms with van der Waals surface area (Å²) in [5.41, 5.74) is -0.701. The lowest BCUT2D eigenvalue weighted by molar-refractivity contribution is -0.385. The Hall–Kier alpha value is -3.29. The van der Waals surface area contributed by atoms with Crippen molar-refractivity contribution in [3.05, 3.63) is 75.6 Å². The second kappa shape index (κ2) is 7.75. The van der Waals surface area contributed by atoms with Crippen LogP contribution in [0.3, 0.4) is 0 Å². The lowest BCUT2D eigenvalue weighted by Gasteiger charge is -2.27. The molecule has 1 heterocycles. The number of urea groups is 1. The molecule has 146 valence electrons.